The molecule has 1 spiro atoms. The van der Waals surface area contributed by atoms with Crippen LogP contribution in [0.1, 0.15) is 39.0 Å². The zero-order valence-electron chi connectivity index (χ0n) is 11.6. The van der Waals surface area contributed by atoms with E-state index in [4.69, 9.17) is 4.74 Å². The van der Waals surface area contributed by atoms with Gasteiger partial charge in [-0.2, -0.15) is 11.8 Å². The summed E-state index contributed by atoms with van der Waals surface area (Å²) in [7, 11) is 0. The maximum Gasteiger partial charge on any atom is 0.0783 e. The summed E-state index contributed by atoms with van der Waals surface area (Å²) in [5.74, 6) is 5.32. The Labute approximate surface area is 116 Å². The van der Waals surface area contributed by atoms with Gasteiger partial charge < -0.3 is 10.1 Å². The van der Waals surface area contributed by atoms with Crippen molar-refractivity contribution in [3.8, 4) is 0 Å². The Morgan fingerprint density at radius 1 is 1.39 bits per heavy atom. The quantitative estimate of drug-likeness (QED) is 0.833. The van der Waals surface area contributed by atoms with E-state index in [0.29, 0.717) is 0 Å². The van der Waals surface area contributed by atoms with Gasteiger partial charge in [0.1, 0.15) is 0 Å². The molecule has 104 valence electrons. The number of piperidine rings is 1. The smallest absolute Gasteiger partial charge is 0.0783 e. The molecule has 3 aliphatic rings. The van der Waals surface area contributed by atoms with Gasteiger partial charge in [-0.1, -0.05) is 6.92 Å². The van der Waals surface area contributed by atoms with E-state index in [2.05, 4.69) is 24.0 Å². The first-order chi connectivity index (χ1) is 8.77. The molecule has 3 rings (SSSR count). The summed E-state index contributed by atoms with van der Waals surface area (Å²) in [6.45, 7) is 5.94. The lowest BCUT2D eigenvalue weighted by Crippen LogP contribution is -2.42. The predicted octanol–water partition coefficient (Wildman–Crippen LogP) is 2.92. The Kier molecular flexibility index (Phi) is 4.21. The monoisotopic (exact) mass is 269 g/mol. The minimum absolute atomic E-state index is 0.277. The summed E-state index contributed by atoms with van der Waals surface area (Å²) in [5.41, 5.74) is 0.277. The van der Waals surface area contributed by atoms with Crippen LogP contribution in [0.4, 0.5) is 0 Å². The van der Waals surface area contributed by atoms with E-state index in [0.717, 1.165) is 24.4 Å². The summed E-state index contributed by atoms with van der Waals surface area (Å²) < 4.78 is 6.14. The van der Waals surface area contributed by atoms with Crippen molar-refractivity contribution in [1.82, 2.24) is 5.32 Å². The van der Waals surface area contributed by atoms with Crippen molar-refractivity contribution in [3.05, 3.63) is 0 Å². The highest BCUT2D eigenvalue weighted by Gasteiger charge is 2.41. The van der Waals surface area contributed by atoms with Gasteiger partial charge in [-0.15, -0.1) is 0 Å². The molecule has 3 saturated heterocycles. The Bertz CT molecular complexity index is 278. The summed E-state index contributed by atoms with van der Waals surface area (Å²) in [5, 5.41) is 3.58. The molecule has 3 heterocycles. The maximum absolute atomic E-state index is 6.14. The average Bonchev–Trinajstić information content (AvgIpc) is 2.80. The third-order valence-corrected chi connectivity index (χ3v) is 6.51. The highest BCUT2D eigenvalue weighted by atomic mass is 32.2. The van der Waals surface area contributed by atoms with Gasteiger partial charge in [0.05, 0.1) is 5.60 Å². The second-order valence-electron chi connectivity index (χ2n) is 6.66. The summed E-state index contributed by atoms with van der Waals surface area (Å²) in [4.78, 5) is 0. The number of nitrogens with one attached hydrogen (secondary N) is 1. The van der Waals surface area contributed by atoms with Crippen LogP contribution in [0.3, 0.4) is 0 Å². The molecule has 0 bridgehead atoms. The molecular formula is C15H27NOS. The zero-order valence-corrected chi connectivity index (χ0v) is 12.4. The first kappa shape index (κ1) is 13.3. The van der Waals surface area contributed by atoms with Crippen LogP contribution in [0, 0.1) is 17.8 Å². The Balaban J connectivity index is 1.55. The van der Waals surface area contributed by atoms with Crippen LogP contribution in [0.2, 0.25) is 0 Å². The summed E-state index contributed by atoms with van der Waals surface area (Å²) in [6, 6.07) is 0. The van der Waals surface area contributed by atoms with Gasteiger partial charge in [-0.05, 0) is 68.7 Å². The largest absolute Gasteiger partial charge is 0.374 e. The van der Waals surface area contributed by atoms with Crippen molar-refractivity contribution in [2.75, 3.05) is 31.2 Å². The third kappa shape index (κ3) is 2.88. The second-order valence-corrected chi connectivity index (χ2v) is 7.76. The number of rotatable bonds is 2. The normalized spacial score (nSPS) is 45.5. The average molecular weight is 269 g/mol. The lowest BCUT2D eigenvalue weighted by atomic mass is 9.76. The molecule has 4 atom stereocenters. The fraction of sp³-hybridized carbons (Fsp3) is 1.00. The van der Waals surface area contributed by atoms with Crippen LogP contribution in [0.5, 0.6) is 0 Å². The van der Waals surface area contributed by atoms with E-state index in [-0.39, 0.29) is 5.60 Å². The topological polar surface area (TPSA) is 21.3 Å². The molecule has 4 unspecified atom stereocenters. The first-order valence-corrected chi connectivity index (χ1v) is 8.85. The lowest BCUT2D eigenvalue weighted by molar-refractivity contribution is -0.0839. The molecule has 0 aromatic rings. The Morgan fingerprint density at radius 2 is 2.33 bits per heavy atom. The van der Waals surface area contributed by atoms with Crippen LogP contribution < -0.4 is 5.32 Å². The molecule has 0 amide bonds. The van der Waals surface area contributed by atoms with Crippen LogP contribution in [-0.4, -0.2) is 36.8 Å². The fourth-order valence-electron chi connectivity index (χ4n) is 3.99. The van der Waals surface area contributed by atoms with Crippen LogP contribution in [-0.2, 0) is 4.74 Å². The minimum atomic E-state index is 0.277. The van der Waals surface area contributed by atoms with Crippen molar-refractivity contribution in [2.45, 2.75) is 44.6 Å². The molecular weight excluding hydrogens is 242 g/mol. The second kappa shape index (κ2) is 5.72. The molecule has 0 aromatic carbocycles. The molecule has 0 radical (unpaired) electrons. The molecule has 18 heavy (non-hydrogen) atoms. The van der Waals surface area contributed by atoms with Gasteiger partial charge in [0.25, 0.3) is 0 Å². The van der Waals surface area contributed by atoms with E-state index in [1.807, 2.05) is 0 Å². The molecule has 0 aromatic heterocycles. The SMILES string of the molecule is CC1CCNCC1CC1CCOC2(CCSC2)C1. The Hall–Kier alpha value is 0.270. The molecule has 0 saturated carbocycles. The first-order valence-electron chi connectivity index (χ1n) is 7.70. The Morgan fingerprint density at radius 3 is 3.11 bits per heavy atom. The number of thioether (sulfide) groups is 1. The fourth-order valence-corrected chi connectivity index (χ4v) is 5.37. The molecule has 3 aliphatic heterocycles. The van der Waals surface area contributed by atoms with E-state index in [1.165, 1.54) is 56.7 Å². The van der Waals surface area contributed by atoms with Gasteiger partial charge in [-0.3, -0.25) is 0 Å². The molecule has 3 fully saturated rings. The highest BCUT2D eigenvalue weighted by molar-refractivity contribution is 7.99. The van der Waals surface area contributed by atoms with Gasteiger partial charge >= 0.3 is 0 Å². The number of hydrogen-bond acceptors (Lipinski definition) is 3. The van der Waals surface area contributed by atoms with Crippen molar-refractivity contribution < 1.29 is 4.74 Å². The van der Waals surface area contributed by atoms with Crippen molar-refractivity contribution in [1.29, 1.82) is 0 Å². The predicted molar refractivity (Wildman–Crippen MR) is 78.1 cm³/mol. The standard InChI is InChI=1S/C15H27NOS/c1-12-2-5-16-10-14(12)8-13-3-6-17-15(9-13)4-7-18-11-15/h12-14,16H,2-11H2,1H3. The van der Waals surface area contributed by atoms with Gasteiger partial charge in [0.15, 0.2) is 0 Å². The van der Waals surface area contributed by atoms with Crippen LogP contribution in [0.15, 0.2) is 0 Å². The van der Waals surface area contributed by atoms with E-state index >= 15 is 0 Å². The minimum Gasteiger partial charge on any atom is -0.374 e. The lowest BCUT2D eigenvalue weighted by Gasteiger charge is -2.40. The van der Waals surface area contributed by atoms with Gasteiger partial charge in [0.2, 0.25) is 0 Å². The molecule has 1 N–H and O–H groups in total. The van der Waals surface area contributed by atoms with E-state index in [9.17, 15) is 0 Å². The summed E-state index contributed by atoms with van der Waals surface area (Å²) in [6.07, 6.45) is 6.74. The summed E-state index contributed by atoms with van der Waals surface area (Å²) >= 11 is 2.09. The molecule has 3 heteroatoms. The maximum atomic E-state index is 6.14. The van der Waals surface area contributed by atoms with Crippen LogP contribution >= 0.6 is 11.8 Å². The highest BCUT2D eigenvalue weighted by Crippen LogP contribution is 2.42. The van der Waals surface area contributed by atoms with Gasteiger partial charge in [-0.25, -0.2) is 0 Å². The van der Waals surface area contributed by atoms with Gasteiger partial charge in [0, 0.05) is 12.4 Å². The van der Waals surface area contributed by atoms with Crippen molar-refractivity contribution in [3.63, 3.8) is 0 Å². The van der Waals surface area contributed by atoms with E-state index in [1.54, 1.807) is 0 Å². The third-order valence-electron chi connectivity index (χ3n) is 5.29. The van der Waals surface area contributed by atoms with E-state index < -0.39 is 0 Å². The molecule has 0 aliphatic carbocycles. The zero-order chi connectivity index (χ0) is 12.4. The number of ether oxygens (including phenoxy) is 1. The van der Waals surface area contributed by atoms with Crippen LogP contribution in [0.25, 0.3) is 0 Å². The number of hydrogen-bond donors (Lipinski definition) is 1. The molecule has 2 nitrogen and oxygen atoms in total. The van der Waals surface area contributed by atoms with Crippen molar-refractivity contribution in [2.24, 2.45) is 17.8 Å². The van der Waals surface area contributed by atoms with Crippen molar-refractivity contribution >= 4 is 11.8 Å².